The summed E-state index contributed by atoms with van der Waals surface area (Å²) >= 11 is 0. The standard InChI is InChI=1S/C38H37N2O7P/c1-26(41)34-32(25-33(42)27-12-11-13-28(24-27)35(43)39-20-22-47-23-21-39)40(36(34)44)37(38(45)46)48(29-14-5-2-6-15-29,30-16-7-3-8-17-30)31-18-9-4-10-19-31/h2-19,24,26,32,34,41H,20-23,25H2,1H3,(H,45,46)/t26-,32-,34-/m1/s1. The number of likely N-dealkylation sites (tertiary alicyclic amines) is 1. The molecule has 0 aliphatic carbocycles. The summed E-state index contributed by atoms with van der Waals surface area (Å²) < 4.78 is 5.36. The minimum Gasteiger partial charge on any atom is -0.477 e. The molecule has 0 bridgehead atoms. The van der Waals surface area contributed by atoms with Crippen molar-refractivity contribution in [3.8, 4) is 0 Å². The van der Waals surface area contributed by atoms with Crippen molar-refractivity contribution in [2.75, 3.05) is 26.3 Å². The second-order valence-corrected chi connectivity index (χ2v) is 15.3. The lowest BCUT2D eigenvalue weighted by atomic mass is 9.79. The van der Waals surface area contributed by atoms with Gasteiger partial charge in [-0.3, -0.25) is 14.4 Å². The number of carboxylic acids is 1. The molecule has 48 heavy (non-hydrogen) atoms. The van der Waals surface area contributed by atoms with Crippen LogP contribution in [-0.2, 0) is 14.3 Å². The van der Waals surface area contributed by atoms with Gasteiger partial charge in [-0.2, -0.15) is 0 Å². The monoisotopic (exact) mass is 664 g/mol. The summed E-state index contributed by atoms with van der Waals surface area (Å²) in [5, 5.41) is 24.1. The molecule has 0 unspecified atom stereocenters. The summed E-state index contributed by atoms with van der Waals surface area (Å²) in [6.45, 7) is 0.0161. The van der Waals surface area contributed by atoms with Crippen LogP contribution in [0.25, 0.3) is 0 Å². The number of hydrogen-bond donors (Lipinski definition) is 2. The molecule has 0 spiro atoms. The summed E-state index contributed by atoms with van der Waals surface area (Å²) in [7, 11) is 0. The molecule has 0 saturated carbocycles. The molecule has 4 aromatic rings. The summed E-state index contributed by atoms with van der Waals surface area (Å²) in [6, 6.07) is 33.4. The molecule has 2 aliphatic rings. The fourth-order valence-corrected chi connectivity index (χ4v) is 11.2. The molecule has 0 radical (unpaired) electrons. The summed E-state index contributed by atoms with van der Waals surface area (Å²) in [5.41, 5.74) is 0.503. The van der Waals surface area contributed by atoms with E-state index in [0.717, 1.165) is 15.9 Å². The van der Waals surface area contributed by atoms with E-state index in [4.69, 9.17) is 4.74 Å². The Kier molecular flexibility index (Phi) is 9.73. The number of β-lactam (4-membered cyclic amide) rings is 1. The normalized spacial score (nSPS) is 18.5. The number of aliphatic hydroxyl groups excluding tert-OH is 1. The molecule has 2 heterocycles. The van der Waals surface area contributed by atoms with Gasteiger partial charge in [0.25, 0.3) is 5.91 Å². The van der Waals surface area contributed by atoms with E-state index < -0.39 is 36.8 Å². The number of carbonyl (C=O) groups is 4. The van der Waals surface area contributed by atoms with Crippen molar-refractivity contribution in [2.24, 2.45) is 5.92 Å². The number of hydrogen-bond acceptors (Lipinski definition) is 6. The van der Waals surface area contributed by atoms with Gasteiger partial charge in [-0.1, -0.05) is 103 Å². The van der Waals surface area contributed by atoms with Gasteiger partial charge in [0.1, 0.15) is 5.42 Å². The largest absolute Gasteiger partial charge is 0.477 e. The smallest absolute Gasteiger partial charge is 0.353 e. The van der Waals surface area contributed by atoms with Crippen LogP contribution in [0, 0.1) is 5.92 Å². The molecule has 3 atom stereocenters. The van der Waals surface area contributed by atoms with E-state index in [1.54, 1.807) is 29.2 Å². The van der Waals surface area contributed by atoms with Gasteiger partial charge in [0.05, 0.1) is 31.3 Å². The lowest BCUT2D eigenvalue weighted by Gasteiger charge is -2.50. The van der Waals surface area contributed by atoms with Crippen LogP contribution in [0.2, 0.25) is 0 Å². The molecule has 2 amide bonds. The fourth-order valence-electron chi connectivity index (χ4n) is 6.83. The zero-order valence-electron chi connectivity index (χ0n) is 26.5. The number of amides is 2. The van der Waals surface area contributed by atoms with Crippen LogP contribution >= 0.6 is 6.89 Å². The Morgan fingerprint density at radius 1 is 0.792 bits per heavy atom. The first-order valence-electron chi connectivity index (χ1n) is 15.9. The minimum absolute atomic E-state index is 0.123. The third kappa shape index (κ3) is 6.01. The van der Waals surface area contributed by atoms with Crippen molar-refractivity contribution in [1.82, 2.24) is 9.80 Å². The fraction of sp³-hybridized carbons (Fsp3) is 0.237. The maximum atomic E-state index is 14.1. The van der Waals surface area contributed by atoms with Crippen molar-refractivity contribution in [3.05, 3.63) is 126 Å². The van der Waals surface area contributed by atoms with Crippen molar-refractivity contribution in [3.63, 3.8) is 0 Å². The molecule has 2 saturated heterocycles. The molecular weight excluding hydrogens is 627 g/mol. The van der Waals surface area contributed by atoms with Gasteiger partial charge in [-0.05, 0) is 35.0 Å². The average Bonchev–Trinajstić information content (AvgIpc) is 3.12. The molecule has 2 aliphatic heterocycles. The number of aliphatic hydroxyl groups is 1. The number of ketones is 1. The number of aliphatic carboxylic acids is 1. The van der Waals surface area contributed by atoms with Gasteiger partial charge in [0, 0.05) is 37.5 Å². The van der Waals surface area contributed by atoms with E-state index in [1.807, 2.05) is 91.0 Å². The molecule has 0 aromatic heterocycles. The van der Waals surface area contributed by atoms with Gasteiger partial charge in [-0.15, -0.1) is 0 Å². The minimum atomic E-state index is -3.26. The van der Waals surface area contributed by atoms with E-state index in [9.17, 15) is 29.4 Å². The molecule has 4 aromatic carbocycles. The van der Waals surface area contributed by atoms with Crippen LogP contribution in [0.3, 0.4) is 0 Å². The predicted molar refractivity (Wildman–Crippen MR) is 186 cm³/mol. The third-order valence-corrected chi connectivity index (χ3v) is 13.3. The van der Waals surface area contributed by atoms with Crippen molar-refractivity contribution < 1.29 is 34.1 Å². The highest BCUT2D eigenvalue weighted by atomic mass is 31.2. The summed E-state index contributed by atoms with van der Waals surface area (Å²) in [4.78, 5) is 57.8. The zero-order chi connectivity index (χ0) is 33.8. The number of carboxylic acid groups (broad SMARTS) is 1. The van der Waals surface area contributed by atoms with Crippen LogP contribution in [0.1, 0.15) is 34.1 Å². The number of rotatable bonds is 10. The molecular formula is C38H37N2O7P. The van der Waals surface area contributed by atoms with Crippen LogP contribution in [0.4, 0.5) is 0 Å². The lowest BCUT2D eigenvalue weighted by Crippen LogP contribution is -2.68. The van der Waals surface area contributed by atoms with E-state index in [0.29, 0.717) is 31.9 Å². The summed E-state index contributed by atoms with van der Waals surface area (Å²) in [6.07, 6.45) is -1.38. The maximum Gasteiger partial charge on any atom is 0.353 e. The molecule has 9 nitrogen and oxygen atoms in total. The van der Waals surface area contributed by atoms with Crippen LogP contribution < -0.4 is 15.9 Å². The number of ether oxygens (including phenoxy) is 1. The number of carbonyl (C=O) groups excluding carboxylic acids is 3. The third-order valence-electron chi connectivity index (χ3n) is 9.08. The first kappa shape index (κ1) is 33.1. The second kappa shape index (κ2) is 14.1. The van der Waals surface area contributed by atoms with Gasteiger partial charge in [0.2, 0.25) is 5.91 Å². The molecule has 246 valence electrons. The van der Waals surface area contributed by atoms with Crippen molar-refractivity contribution in [2.45, 2.75) is 25.5 Å². The SMILES string of the molecule is C[C@@H](O)[C@H]1C(=O)N(C(C(=O)O)=P(c2ccccc2)(c2ccccc2)c2ccccc2)[C@@H]1CC(=O)c1cccc(C(=O)N2CCOCC2)c1. The topological polar surface area (TPSA) is 124 Å². The molecule has 10 heteroatoms. The molecule has 6 rings (SSSR count). The average molecular weight is 665 g/mol. The highest BCUT2D eigenvalue weighted by Gasteiger charge is 2.55. The Labute approximate surface area is 279 Å². The first-order chi connectivity index (χ1) is 23.2. The summed E-state index contributed by atoms with van der Waals surface area (Å²) in [5.74, 6) is -3.41. The van der Waals surface area contributed by atoms with Crippen LogP contribution in [-0.4, -0.2) is 87.4 Å². The highest BCUT2D eigenvalue weighted by molar-refractivity contribution is 7.96. The van der Waals surface area contributed by atoms with E-state index in [-0.39, 0.29) is 29.1 Å². The number of nitrogens with zero attached hydrogens (tertiary/aromatic N) is 2. The number of morpholine rings is 1. The van der Waals surface area contributed by atoms with Crippen molar-refractivity contribution >= 4 is 51.8 Å². The van der Waals surface area contributed by atoms with Gasteiger partial charge in [-0.25, -0.2) is 4.79 Å². The molecule has 2 fully saturated rings. The maximum absolute atomic E-state index is 14.1. The second-order valence-electron chi connectivity index (χ2n) is 12.0. The van der Waals surface area contributed by atoms with Crippen molar-refractivity contribution in [1.29, 1.82) is 0 Å². The Balaban J connectivity index is 1.50. The highest BCUT2D eigenvalue weighted by Crippen LogP contribution is 2.49. The number of benzene rings is 4. The number of Topliss-reactive ketones (excluding diaryl/α,β-unsaturated/α-hetero) is 1. The lowest BCUT2D eigenvalue weighted by molar-refractivity contribution is -0.156. The van der Waals surface area contributed by atoms with Gasteiger partial charge >= 0.3 is 5.97 Å². The predicted octanol–water partition coefficient (Wildman–Crippen LogP) is 3.15. The molecule has 2 N–H and O–H groups in total. The van der Waals surface area contributed by atoms with Crippen LogP contribution in [0.15, 0.2) is 115 Å². The Bertz CT molecular complexity index is 1770. The Morgan fingerprint density at radius 2 is 1.29 bits per heavy atom. The van der Waals surface area contributed by atoms with E-state index >= 15 is 0 Å². The Morgan fingerprint density at radius 3 is 1.77 bits per heavy atom. The van der Waals surface area contributed by atoms with Gasteiger partial charge < -0.3 is 24.7 Å². The Hall–Kier alpha value is -4.82. The zero-order valence-corrected chi connectivity index (χ0v) is 27.4. The van der Waals surface area contributed by atoms with Gasteiger partial charge in [0.15, 0.2) is 5.78 Å². The van der Waals surface area contributed by atoms with E-state index in [1.165, 1.54) is 11.8 Å². The van der Waals surface area contributed by atoms with Crippen LogP contribution in [0.5, 0.6) is 0 Å². The first-order valence-corrected chi connectivity index (χ1v) is 17.7. The quantitative estimate of drug-likeness (QED) is 0.152. The van der Waals surface area contributed by atoms with E-state index in [2.05, 4.69) is 0 Å².